The van der Waals surface area contributed by atoms with Crippen LogP contribution in [0.2, 0.25) is 0 Å². The molecule has 0 aliphatic carbocycles. The number of benzene rings is 2. The molecule has 1 saturated heterocycles. The van der Waals surface area contributed by atoms with E-state index in [1.165, 1.54) is 22.8 Å². The number of fused-ring (bicyclic) bond motifs is 1. The van der Waals surface area contributed by atoms with E-state index in [1.807, 2.05) is 6.92 Å². The molecule has 0 aromatic heterocycles. The zero-order valence-corrected chi connectivity index (χ0v) is 13.8. The SMILES string of the molecule is C=C(C)CNC(=S)N1CCCC1c1cccc2ccccc12. The molecule has 0 saturated carbocycles. The first-order valence-corrected chi connectivity index (χ1v) is 8.24. The van der Waals surface area contributed by atoms with Gasteiger partial charge in [-0.15, -0.1) is 0 Å². The summed E-state index contributed by atoms with van der Waals surface area (Å²) in [5.41, 5.74) is 2.48. The zero-order valence-electron chi connectivity index (χ0n) is 13.0. The van der Waals surface area contributed by atoms with Gasteiger partial charge in [0.2, 0.25) is 0 Å². The molecule has 22 heavy (non-hydrogen) atoms. The smallest absolute Gasteiger partial charge is 0.169 e. The van der Waals surface area contributed by atoms with Crippen LogP contribution in [0.15, 0.2) is 54.6 Å². The molecule has 1 aliphatic rings. The van der Waals surface area contributed by atoms with E-state index in [4.69, 9.17) is 12.2 Å². The minimum atomic E-state index is 0.372. The first-order valence-electron chi connectivity index (χ1n) is 7.83. The Kier molecular flexibility index (Phi) is 4.44. The summed E-state index contributed by atoms with van der Waals surface area (Å²) in [7, 11) is 0. The Morgan fingerprint density at radius 3 is 2.86 bits per heavy atom. The monoisotopic (exact) mass is 310 g/mol. The molecule has 0 radical (unpaired) electrons. The first-order chi connectivity index (χ1) is 10.7. The van der Waals surface area contributed by atoms with Crippen LogP contribution in [0.4, 0.5) is 0 Å². The Morgan fingerprint density at radius 1 is 1.27 bits per heavy atom. The highest BCUT2D eigenvalue weighted by Gasteiger charge is 2.28. The quantitative estimate of drug-likeness (QED) is 0.667. The second kappa shape index (κ2) is 6.49. The topological polar surface area (TPSA) is 15.3 Å². The molecule has 2 aromatic carbocycles. The highest BCUT2D eigenvalue weighted by Crippen LogP contribution is 2.35. The molecule has 1 fully saturated rings. The van der Waals surface area contributed by atoms with Gasteiger partial charge in [0.15, 0.2) is 5.11 Å². The van der Waals surface area contributed by atoms with E-state index in [1.54, 1.807) is 0 Å². The fraction of sp³-hybridized carbons (Fsp3) is 0.316. The average Bonchev–Trinajstić information content (AvgIpc) is 3.01. The van der Waals surface area contributed by atoms with Crippen molar-refractivity contribution in [3.05, 3.63) is 60.2 Å². The number of hydrogen-bond donors (Lipinski definition) is 1. The zero-order chi connectivity index (χ0) is 15.5. The van der Waals surface area contributed by atoms with Gasteiger partial charge in [-0.25, -0.2) is 0 Å². The van der Waals surface area contributed by atoms with Crippen LogP contribution in [-0.4, -0.2) is 23.1 Å². The lowest BCUT2D eigenvalue weighted by Crippen LogP contribution is -2.39. The molecular weight excluding hydrogens is 288 g/mol. The van der Waals surface area contributed by atoms with Crippen molar-refractivity contribution in [2.75, 3.05) is 13.1 Å². The van der Waals surface area contributed by atoms with Gasteiger partial charge in [0.05, 0.1) is 6.04 Å². The normalized spacial score (nSPS) is 17.7. The van der Waals surface area contributed by atoms with Gasteiger partial charge in [0, 0.05) is 13.1 Å². The summed E-state index contributed by atoms with van der Waals surface area (Å²) in [4.78, 5) is 2.33. The number of thiocarbonyl (C=S) groups is 1. The summed E-state index contributed by atoms with van der Waals surface area (Å²) in [6, 6.07) is 15.5. The minimum absolute atomic E-state index is 0.372. The van der Waals surface area contributed by atoms with Crippen molar-refractivity contribution in [2.45, 2.75) is 25.8 Å². The molecule has 1 N–H and O–H groups in total. The fourth-order valence-corrected chi connectivity index (χ4v) is 3.49. The Balaban J connectivity index is 1.89. The van der Waals surface area contributed by atoms with Crippen LogP contribution < -0.4 is 5.32 Å². The highest BCUT2D eigenvalue weighted by molar-refractivity contribution is 7.80. The van der Waals surface area contributed by atoms with Gasteiger partial charge in [-0.05, 0) is 48.3 Å². The Morgan fingerprint density at radius 2 is 2.05 bits per heavy atom. The van der Waals surface area contributed by atoms with E-state index in [0.717, 1.165) is 30.2 Å². The number of rotatable bonds is 3. The van der Waals surface area contributed by atoms with Crippen molar-refractivity contribution in [3.8, 4) is 0 Å². The lowest BCUT2D eigenvalue weighted by molar-refractivity contribution is 0.397. The van der Waals surface area contributed by atoms with Gasteiger partial charge in [0.25, 0.3) is 0 Å². The minimum Gasteiger partial charge on any atom is -0.359 e. The van der Waals surface area contributed by atoms with Crippen molar-refractivity contribution in [1.82, 2.24) is 10.2 Å². The largest absolute Gasteiger partial charge is 0.359 e. The lowest BCUT2D eigenvalue weighted by atomic mass is 9.97. The lowest BCUT2D eigenvalue weighted by Gasteiger charge is -2.29. The maximum absolute atomic E-state index is 5.61. The van der Waals surface area contributed by atoms with Crippen LogP contribution in [0.1, 0.15) is 31.4 Å². The molecule has 0 bridgehead atoms. The number of hydrogen-bond acceptors (Lipinski definition) is 1. The van der Waals surface area contributed by atoms with Crippen LogP contribution in [0.3, 0.4) is 0 Å². The molecule has 1 atom stereocenters. The molecule has 0 amide bonds. The van der Waals surface area contributed by atoms with E-state index >= 15 is 0 Å². The fourth-order valence-electron chi connectivity index (χ4n) is 3.20. The van der Waals surface area contributed by atoms with E-state index < -0.39 is 0 Å². The van der Waals surface area contributed by atoms with Crippen LogP contribution in [0.5, 0.6) is 0 Å². The summed E-state index contributed by atoms with van der Waals surface area (Å²) >= 11 is 5.61. The summed E-state index contributed by atoms with van der Waals surface area (Å²) in [6.07, 6.45) is 2.34. The van der Waals surface area contributed by atoms with Crippen molar-refractivity contribution < 1.29 is 0 Å². The summed E-state index contributed by atoms with van der Waals surface area (Å²) in [6.45, 7) is 7.72. The molecule has 1 heterocycles. The first kappa shape index (κ1) is 15.0. The van der Waals surface area contributed by atoms with E-state index in [9.17, 15) is 0 Å². The van der Waals surface area contributed by atoms with E-state index in [-0.39, 0.29) is 0 Å². The molecule has 1 unspecified atom stereocenters. The summed E-state index contributed by atoms with van der Waals surface area (Å²) in [5, 5.41) is 6.81. The molecule has 2 nitrogen and oxygen atoms in total. The predicted octanol–water partition coefficient (Wildman–Crippen LogP) is 4.43. The Bertz CT molecular complexity index is 702. The van der Waals surface area contributed by atoms with Crippen LogP contribution >= 0.6 is 12.2 Å². The highest BCUT2D eigenvalue weighted by atomic mass is 32.1. The standard InChI is InChI=1S/C19H22N2S/c1-14(2)13-20-19(22)21-12-6-11-18(21)17-10-5-8-15-7-3-4-9-16(15)17/h3-5,7-10,18H,1,6,11-13H2,2H3,(H,20,22). The van der Waals surface area contributed by atoms with Gasteiger partial charge in [-0.3, -0.25) is 0 Å². The van der Waals surface area contributed by atoms with Crippen LogP contribution in [0, 0.1) is 0 Å². The molecular formula is C19H22N2S. The number of nitrogens with one attached hydrogen (secondary N) is 1. The number of nitrogens with zero attached hydrogens (tertiary/aromatic N) is 1. The maximum Gasteiger partial charge on any atom is 0.169 e. The summed E-state index contributed by atoms with van der Waals surface area (Å²) < 4.78 is 0. The third kappa shape index (κ3) is 3.00. The second-order valence-corrected chi connectivity index (χ2v) is 6.42. The molecule has 1 aliphatic heterocycles. The van der Waals surface area contributed by atoms with Crippen LogP contribution in [-0.2, 0) is 0 Å². The third-order valence-corrected chi connectivity index (χ3v) is 4.62. The molecule has 3 rings (SSSR count). The second-order valence-electron chi connectivity index (χ2n) is 6.04. The van der Waals surface area contributed by atoms with Crippen LogP contribution in [0.25, 0.3) is 10.8 Å². The van der Waals surface area contributed by atoms with E-state index in [2.05, 4.69) is 59.3 Å². The van der Waals surface area contributed by atoms with Crippen molar-refractivity contribution >= 4 is 28.1 Å². The Labute approximate surface area is 137 Å². The van der Waals surface area contributed by atoms with Crippen molar-refractivity contribution in [2.24, 2.45) is 0 Å². The maximum atomic E-state index is 5.61. The average molecular weight is 310 g/mol. The van der Waals surface area contributed by atoms with Gasteiger partial charge < -0.3 is 10.2 Å². The predicted molar refractivity (Wildman–Crippen MR) is 98.0 cm³/mol. The van der Waals surface area contributed by atoms with E-state index in [0.29, 0.717) is 6.04 Å². The molecule has 0 spiro atoms. The molecule has 3 heteroatoms. The molecule has 114 valence electrons. The Hall–Kier alpha value is -1.87. The van der Waals surface area contributed by atoms with Crippen molar-refractivity contribution in [1.29, 1.82) is 0 Å². The van der Waals surface area contributed by atoms with Gasteiger partial charge >= 0.3 is 0 Å². The molecule has 2 aromatic rings. The van der Waals surface area contributed by atoms with Gasteiger partial charge in [-0.2, -0.15) is 0 Å². The number of likely N-dealkylation sites (tertiary alicyclic amines) is 1. The van der Waals surface area contributed by atoms with Crippen molar-refractivity contribution in [3.63, 3.8) is 0 Å². The van der Waals surface area contributed by atoms with Gasteiger partial charge in [0.1, 0.15) is 0 Å². The summed E-state index contributed by atoms with van der Waals surface area (Å²) in [5.74, 6) is 0. The van der Waals surface area contributed by atoms with Gasteiger partial charge in [-0.1, -0.05) is 54.6 Å². The third-order valence-electron chi connectivity index (χ3n) is 4.24.